The SMILES string of the molecule is CCCCCC(CCCC)N1CCN(CC2CCCN(CC3(CC(C)C)CC3)C2)CC1. The van der Waals surface area contributed by atoms with Crippen molar-refractivity contribution in [3.63, 3.8) is 0 Å². The first-order valence-corrected chi connectivity index (χ1v) is 14.2. The summed E-state index contributed by atoms with van der Waals surface area (Å²) >= 11 is 0. The summed E-state index contributed by atoms with van der Waals surface area (Å²) in [5.74, 6) is 1.78. The Bertz CT molecular complexity index is 479. The van der Waals surface area contributed by atoms with Crippen LogP contribution in [0.3, 0.4) is 0 Å². The van der Waals surface area contributed by atoms with Crippen LogP contribution in [0, 0.1) is 17.3 Å². The van der Waals surface area contributed by atoms with Gasteiger partial charge in [-0.2, -0.15) is 0 Å². The molecule has 0 spiro atoms. The van der Waals surface area contributed by atoms with E-state index < -0.39 is 0 Å². The van der Waals surface area contributed by atoms with Gasteiger partial charge in [0, 0.05) is 51.9 Å². The zero-order valence-electron chi connectivity index (χ0n) is 21.7. The Kier molecular flexibility index (Phi) is 10.6. The van der Waals surface area contributed by atoms with Crippen LogP contribution in [0.1, 0.15) is 105 Å². The van der Waals surface area contributed by atoms with Crippen molar-refractivity contribution < 1.29 is 0 Å². The number of hydrogen-bond donors (Lipinski definition) is 0. The average Bonchev–Trinajstić information content (AvgIpc) is 3.49. The van der Waals surface area contributed by atoms with Crippen molar-refractivity contribution >= 4 is 0 Å². The van der Waals surface area contributed by atoms with Crippen molar-refractivity contribution in [1.82, 2.24) is 14.7 Å². The molecule has 3 rings (SSSR count). The van der Waals surface area contributed by atoms with Crippen molar-refractivity contribution in [1.29, 1.82) is 0 Å². The van der Waals surface area contributed by atoms with E-state index in [1.807, 2.05) is 0 Å². The first kappa shape index (κ1) is 25.5. The minimum atomic E-state index is 0.701. The van der Waals surface area contributed by atoms with E-state index in [1.54, 1.807) is 0 Å². The number of rotatable bonds is 14. The van der Waals surface area contributed by atoms with Gasteiger partial charge >= 0.3 is 0 Å². The first-order chi connectivity index (χ1) is 15.0. The maximum absolute atomic E-state index is 2.86. The zero-order chi connectivity index (χ0) is 22.1. The molecule has 2 unspecified atom stereocenters. The molecular formula is C28H55N3. The van der Waals surface area contributed by atoms with Crippen LogP contribution in [0.5, 0.6) is 0 Å². The van der Waals surface area contributed by atoms with Gasteiger partial charge in [0.1, 0.15) is 0 Å². The molecule has 0 bridgehead atoms. The van der Waals surface area contributed by atoms with Crippen LogP contribution in [0.25, 0.3) is 0 Å². The third-order valence-electron chi connectivity index (χ3n) is 8.43. The summed E-state index contributed by atoms with van der Waals surface area (Å²) in [7, 11) is 0. The lowest BCUT2D eigenvalue weighted by Gasteiger charge is -2.42. The van der Waals surface area contributed by atoms with Crippen molar-refractivity contribution in [3.8, 4) is 0 Å². The van der Waals surface area contributed by atoms with Crippen molar-refractivity contribution in [2.24, 2.45) is 17.3 Å². The molecule has 0 aromatic carbocycles. The Balaban J connectivity index is 1.39. The Morgan fingerprint density at radius 1 is 0.839 bits per heavy atom. The molecule has 3 fully saturated rings. The number of piperidine rings is 1. The van der Waals surface area contributed by atoms with Crippen LogP contribution in [0.2, 0.25) is 0 Å². The number of likely N-dealkylation sites (tertiary alicyclic amines) is 1. The molecule has 0 amide bonds. The van der Waals surface area contributed by atoms with Gasteiger partial charge in [0.05, 0.1) is 0 Å². The lowest BCUT2D eigenvalue weighted by molar-refractivity contribution is 0.0591. The van der Waals surface area contributed by atoms with E-state index in [1.165, 1.54) is 129 Å². The quantitative estimate of drug-likeness (QED) is 0.298. The summed E-state index contributed by atoms with van der Waals surface area (Å²) in [5, 5.41) is 0. The minimum absolute atomic E-state index is 0.701. The number of nitrogens with zero attached hydrogens (tertiary/aromatic N) is 3. The van der Waals surface area contributed by atoms with Gasteiger partial charge in [-0.25, -0.2) is 0 Å². The maximum atomic E-state index is 2.86. The molecule has 1 saturated carbocycles. The van der Waals surface area contributed by atoms with E-state index in [0.29, 0.717) is 5.41 Å². The number of hydrogen-bond acceptors (Lipinski definition) is 3. The summed E-state index contributed by atoms with van der Waals surface area (Å²) in [6.45, 7) is 20.2. The molecule has 2 saturated heterocycles. The van der Waals surface area contributed by atoms with Crippen LogP contribution in [0.15, 0.2) is 0 Å². The molecule has 1 aliphatic carbocycles. The van der Waals surface area contributed by atoms with E-state index in [-0.39, 0.29) is 0 Å². The molecule has 0 aromatic heterocycles. The summed E-state index contributed by atoms with van der Waals surface area (Å²) in [6, 6.07) is 0.856. The predicted molar refractivity (Wildman–Crippen MR) is 136 cm³/mol. The van der Waals surface area contributed by atoms with Gasteiger partial charge in [-0.05, 0) is 68.7 Å². The fourth-order valence-electron chi connectivity index (χ4n) is 6.64. The molecule has 3 nitrogen and oxygen atoms in total. The van der Waals surface area contributed by atoms with Gasteiger partial charge < -0.3 is 9.80 Å². The molecule has 31 heavy (non-hydrogen) atoms. The summed E-state index contributed by atoms with van der Waals surface area (Å²) in [4.78, 5) is 8.53. The van der Waals surface area contributed by atoms with Crippen LogP contribution in [-0.4, -0.2) is 73.1 Å². The van der Waals surface area contributed by atoms with Crippen molar-refractivity contribution in [2.45, 2.75) is 111 Å². The third-order valence-corrected chi connectivity index (χ3v) is 8.43. The van der Waals surface area contributed by atoms with Gasteiger partial charge in [-0.3, -0.25) is 4.90 Å². The Morgan fingerprint density at radius 3 is 2.19 bits per heavy atom. The fourth-order valence-corrected chi connectivity index (χ4v) is 6.64. The summed E-state index contributed by atoms with van der Waals surface area (Å²) in [5.41, 5.74) is 0.701. The van der Waals surface area contributed by atoms with Gasteiger partial charge in [-0.15, -0.1) is 0 Å². The van der Waals surface area contributed by atoms with E-state index in [9.17, 15) is 0 Å². The Labute approximate surface area is 195 Å². The van der Waals surface area contributed by atoms with Crippen LogP contribution in [0.4, 0.5) is 0 Å². The normalized spacial score (nSPS) is 26.4. The van der Waals surface area contributed by atoms with E-state index >= 15 is 0 Å². The molecule has 0 N–H and O–H groups in total. The smallest absolute Gasteiger partial charge is 0.0113 e. The lowest BCUT2D eigenvalue weighted by Crippen LogP contribution is -2.52. The highest BCUT2D eigenvalue weighted by Crippen LogP contribution is 2.51. The average molecular weight is 434 g/mol. The highest BCUT2D eigenvalue weighted by atomic mass is 15.3. The fraction of sp³-hybridized carbons (Fsp3) is 1.00. The molecule has 3 heteroatoms. The first-order valence-electron chi connectivity index (χ1n) is 14.2. The zero-order valence-corrected chi connectivity index (χ0v) is 21.7. The Hall–Kier alpha value is -0.120. The van der Waals surface area contributed by atoms with Crippen molar-refractivity contribution in [3.05, 3.63) is 0 Å². The Morgan fingerprint density at radius 2 is 1.55 bits per heavy atom. The minimum Gasteiger partial charge on any atom is -0.302 e. The third kappa shape index (κ3) is 8.63. The molecule has 0 aromatic rings. The topological polar surface area (TPSA) is 9.72 Å². The highest BCUT2D eigenvalue weighted by molar-refractivity contribution is 4.97. The van der Waals surface area contributed by atoms with Gasteiger partial charge in [0.15, 0.2) is 0 Å². The summed E-state index contributed by atoms with van der Waals surface area (Å²) < 4.78 is 0. The van der Waals surface area contributed by atoms with Crippen LogP contribution in [-0.2, 0) is 0 Å². The number of unbranched alkanes of at least 4 members (excludes halogenated alkanes) is 3. The van der Waals surface area contributed by atoms with Crippen molar-refractivity contribution in [2.75, 3.05) is 52.4 Å². The monoisotopic (exact) mass is 433 g/mol. The molecule has 3 aliphatic rings. The largest absolute Gasteiger partial charge is 0.302 e. The van der Waals surface area contributed by atoms with Gasteiger partial charge in [0.2, 0.25) is 0 Å². The maximum Gasteiger partial charge on any atom is 0.0113 e. The van der Waals surface area contributed by atoms with Crippen LogP contribution >= 0.6 is 0 Å². The molecule has 2 aliphatic heterocycles. The predicted octanol–water partition coefficient (Wildman–Crippen LogP) is 6.28. The van der Waals surface area contributed by atoms with E-state index in [4.69, 9.17) is 0 Å². The summed E-state index contributed by atoms with van der Waals surface area (Å²) in [6.07, 6.45) is 17.1. The molecule has 182 valence electrons. The second-order valence-corrected chi connectivity index (χ2v) is 12.0. The van der Waals surface area contributed by atoms with Gasteiger partial charge in [-0.1, -0.05) is 59.8 Å². The molecule has 2 atom stereocenters. The van der Waals surface area contributed by atoms with Gasteiger partial charge in [0.25, 0.3) is 0 Å². The van der Waals surface area contributed by atoms with E-state index in [0.717, 1.165) is 17.9 Å². The molecule has 2 heterocycles. The molecule has 0 radical (unpaired) electrons. The van der Waals surface area contributed by atoms with Crippen LogP contribution < -0.4 is 0 Å². The second kappa shape index (κ2) is 12.9. The molecular weight excluding hydrogens is 378 g/mol. The number of piperazine rings is 1. The standard InChI is InChI=1S/C28H55N3/c1-5-7-9-13-27(12-8-6-2)31-19-17-29(18-20-31)22-26-11-10-16-30(23-26)24-28(14-15-28)21-25(3)4/h25-27H,5-24H2,1-4H3. The van der Waals surface area contributed by atoms with E-state index in [2.05, 4.69) is 42.4 Å². The second-order valence-electron chi connectivity index (χ2n) is 12.0. The lowest BCUT2D eigenvalue weighted by atomic mass is 9.91. The highest BCUT2D eigenvalue weighted by Gasteiger charge is 2.44.